The van der Waals surface area contributed by atoms with E-state index in [4.69, 9.17) is 9.93 Å². The standard InChI is InChI=1S/C3H12N2OSi/c1-3-5(2)6-7-4/h3-4,7H2,1-2H3. The molecule has 0 aliphatic rings. The van der Waals surface area contributed by atoms with E-state index in [1.54, 1.807) is 5.06 Å². The van der Waals surface area contributed by atoms with Crippen LogP contribution >= 0.6 is 0 Å². The summed E-state index contributed by atoms with van der Waals surface area (Å²) in [5.41, 5.74) is 0. The second-order valence-corrected chi connectivity index (χ2v) is 1.83. The highest BCUT2D eigenvalue weighted by atomic mass is 28.2. The van der Waals surface area contributed by atoms with Crippen LogP contribution < -0.4 is 5.40 Å². The third kappa shape index (κ3) is 3.94. The van der Waals surface area contributed by atoms with Crippen LogP contribution in [-0.2, 0) is 4.53 Å². The molecule has 0 aromatic carbocycles. The summed E-state index contributed by atoms with van der Waals surface area (Å²) in [5.74, 6) is 0. The Bertz CT molecular complexity index is 43.9. The summed E-state index contributed by atoms with van der Waals surface area (Å²) in [4.78, 5) is 0. The van der Waals surface area contributed by atoms with Crippen LogP contribution in [0.2, 0.25) is 0 Å². The lowest BCUT2D eigenvalue weighted by atomic mass is 10.8. The molecule has 3 nitrogen and oxygen atoms in total. The molecule has 0 aliphatic heterocycles. The van der Waals surface area contributed by atoms with E-state index in [0.29, 0.717) is 0 Å². The number of nitrogens with two attached hydrogens (primary N) is 1. The SMILES string of the molecule is CCN(C)O[SiH2]N. The summed E-state index contributed by atoms with van der Waals surface area (Å²) in [6.45, 7) is 2.92. The molecule has 0 fully saturated rings. The number of hydrogen-bond acceptors (Lipinski definition) is 3. The van der Waals surface area contributed by atoms with Gasteiger partial charge in [0.2, 0.25) is 0 Å². The molecule has 0 bridgehead atoms. The van der Waals surface area contributed by atoms with Crippen molar-refractivity contribution in [2.24, 2.45) is 5.40 Å². The van der Waals surface area contributed by atoms with Crippen LogP contribution in [-0.4, -0.2) is 28.6 Å². The Morgan fingerprint density at radius 1 is 1.86 bits per heavy atom. The van der Waals surface area contributed by atoms with Crippen LogP contribution in [0.4, 0.5) is 0 Å². The smallest absolute Gasteiger partial charge is 0.259 e. The molecule has 0 rings (SSSR count). The van der Waals surface area contributed by atoms with Crippen LogP contribution in [0.5, 0.6) is 0 Å². The molecular formula is C3H12N2OSi. The van der Waals surface area contributed by atoms with Gasteiger partial charge in [-0.15, -0.1) is 0 Å². The first kappa shape index (κ1) is 7.10. The minimum absolute atomic E-state index is 0.719. The van der Waals surface area contributed by atoms with E-state index in [-0.39, 0.29) is 0 Å². The fourth-order valence-electron chi connectivity index (χ4n) is 0.219. The Morgan fingerprint density at radius 3 is 2.57 bits per heavy atom. The van der Waals surface area contributed by atoms with Crippen LogP contribution in [0.15, 0.2) is 0 Å². The second-order valence-electron chi connectivity index (χ2n) is 1.24. The van der Waals surface area contributed by atoms with Crippen molar-refractivity contribution in [1.82, 2.24) is 5.06 Å². The number of nitrogens with zero attached hydrogens (tertiary/aromatic N) is 1. The molecule has 7 heavy (non-hydrogen) atoms. The van der Waals surface area contributed by atoms with Gasteiger partial charge in [0.25, 0.3) is 9.92 Å². The Kier molecular flexibility index (Phi) is 4.32. The zero-order valence-electron chi connectivity index (χ0n) is 4.85. The summed E-state index contributed by atoms with van der Waals surface area (Å²) in [5, 5.41) is 6.92. The minimum Gasteiger partial charge on any atom is -0.333 e. The van der Waals surface area contributed by atoms with Crippen LogP contribution in [0, 0.1) is 0 Å². The van der Waals surface area contributed by atoms with Gasteiger partial charge in [-0.2, -0.15) is 0 Å². The molecule has 0 aromatic rings. The molecule has 4 heteroatoms. The molecule has 0 atom stereocenters. The molecule has 0 heterocycles. The van der Waals surface area contributed by atoms with Gasteiger partial charge >= 0.3 is 0 Å². The van der Waals surface area contributed by atoms with Crippen molar-refractivity contribution >= 4 is 9.92 Å². The summed E-state index contributed by atoms with van der Waals surface area (Å²) in [6.07, 6.45) is 0. The van der Waals surface area contributed by atoms with Crippen molar-refractivity contribution in [1.29, 1.82) is 0 Å². The Hall–Kier alpha value is 0.0969. The van der Waals surface area contributed by atoms with Gasteiger partial charge in [0.15, 0.2) is 0 Å². The van der Waals surface area contributed by atoms with E-state index >= 15 is 0 Å². The summed E-state index contributed by atoms with van der Waals surface area (Å²) in [7, 11) is 1.16. The normalized spacial score (nSPS) is 12.0. The number of hydrogen-bond donors (Lipinski definition) is 1. The van der Waals surface area contributed by atoms with E-state index in [1.807, 2.05) is 14.0 Å². The molecule has 0 spiro atoms. The number of rotatable bonds is 3. The van der Waals surface area contributed by atoms with Crippen molar-refractivity contribution in [3.8, 4) is 0 Å². The molecular weight excluding hydrogens is 108 g/mol. The van der Waals surface area contributed by atoms with Crippen molar-refractivity contribution < 1.29 is 4.53 Å². The van der Waals surface area contributed by atoms with Gasteiger partial charge in [-0.3, -0.25) is 0 Å². The lowest BCUT2D eigenvalue weighted by Crippen LogP contribution is -2.24. The monoisotopic (exact) mass is 120 g/mol. The highest BCUT2D eigenvalue weighted by Gasteiger charge is 1.86. The van der Waals surface area contributed by atoms with Crippen LogP contribution in [0.1, 0.15) is 6.92 Å². The first-order valence-corrected chi connectivity index (χ1v) is 3.74. The lowest BCUT2D eigenvalue weighted by Gasteiger charge is -2.11. The molecule has 0 amide bonds. The van der Waals surface area contributed by atoms with E-state index in [0.717, 1.165) is 6.54 Å². The van der Waals surface area contributed by atoms with Gasteiger partial charge in [0.05, 0.1) is 0 Å². The van der Waals surface area contributed by atoms with Gasteiger partial charge < -0.3 is 9.93 Å². The van der Waals surface area contributed by atoms with Gasteiger partial charge in [-0.25, -0.2) is 5.06 Å². The van der Waals surface area contributed by atoms with E-state index < -0.39 is 9.92 Å². The van der Waals surface area contributed by atoms with Gasteiger partial charge in [-0.05, 0) is 0 Å². The van der Waals surface area contributed by atoms with Crippen LogP contribution in [0.3, 0.4) is 0 Å². The molecule has 0 saturated heterocycles. The van der Waals surface area contributed by atoms with Crippen molar-refractivity contribution in [3.63, 3.8) is 0 Å². The minimum atomic E-state index is -0.719. The highest BCUT2D eigenvalue weighted by molar-refractivity contribution is 6.21. The van der Waals surface area contributed by atoms with E-state index in [2.05, 4.69) is 0 Å². The maximum absolute atomic E-state index is 5.18. The maximum atomic E-state index is 5.18. The molecule has 0 saturated carbocycles. The zero-order valence-corrected chi connectivity index (χ0v) is 6.26. The summed E-state index contributed by atoms with van der Waals surface area (Å²) < 4.78 is 4.94. The average molecular weight is 120 g/mol. The predicted molar refractivity (Wildman–Crippen MR) is 32.1 cm³/mol. The van der Waals surface area contributed by atoms with Gasteiger partial charge in [0.1, 0.15) is 0 Å². The first-order valence-electron chi connectivity index (χ1n) is 2.35. The molecule has 0 aliphatic carbocycles. The average Bonchev–Trinajstić information content (AvgIpc) is 1.68. The maximum Gasteiger partial charge on any atom is 0.259 e. The van der Waals surface area contributed by atoms with Gasteiger partial charge in [-0.1, -0.05) is 6.92 Å². The van der Waals surface area contributed by atoms with E-state index in [1.165, 1.54) is 0 Å². The summed E-state index contributed by atoms with van der Waals surface area (Å²) in [6, 6.07) is 0. The Morgan fingerprint density at radius 2 is 2.43 bits per heavy atom. The second kappa shape index (κ2) is 4.26. The van der Waals surface area contributed by atoms with Crippen molar-refractivity contribution in [2.45, 2.75) is 6.92 Å². The lowest BCUT2D eigenvalue weighted by molar-refractivity contribution is -0.0239. The van der Waals surface area contributed by atoms with Crippen LogP contribution in [0.25, 0.3) is 0 Å². The summed E-state index contributed by atoms with van der Waals surface area (Å²) >= 11 is 0. The highest BCUT2D eigenvalue weighted by Crippen LogP contribution is 1.75. The molecule has 0 aromatic heterocycles. The van der Waals surface area contributed by atoms with E-state index in [9.17, 15) is 0 Å². The third-order valence-electron chi connectivity index (χ3n) is 0.740. The topological polar surface area (TPSA) is 38.5 Å². The molecule has 2 N–H and O–H groups in total. The zero-order chi connectivity index (χ0) is 5.70. The third-order valence-corrected chi connectivity index (χ3v) is 1.33. The van der Waals surface area contributed by atoms with Gasteiger partial charge in [0, 0.05) is 13.6 Å². The fourth-order valence-corrected chi connectivity index (χ4v) is 0.656. The largest absolute Gasteiger partial charge is 0.333 e. The molecule has 0 radical (unpaired) electrons. The quantitative estimate of drug-likeness (QED) is 0.377. The Labute approximate surface area is 46.4 Å². The fraction of sp³-hybridized carbons (Fsp3) is 1.00. The predicted octanol–water partition coefficient (Wildman–Crippen LogP) is -1.17. The molecule has 44 valence electrons. The molecule has 0 unspecified atom stereocenters. The Balaban J connectivity index is 2.83. The van der Waals surface area contributed by atoms with Crippen molar-refractivity contribution in [3.05, 3.63) is 0 Å². The van der Waals surface area contributed by atoms with Crippen molar-refractivity contribution in [2.75, 3.05) is 13.6 Å². The number of hydroxylamine groups is 2. The first-order chi connectivity index (χ1) is 3.31.